The number of halogens is 1. The minimum Gasteiger partial charge on any atom is -0.297 e. The number of H-pyrrole nitrogens is 1. The highest BCUT2D eigenvalue weighted by Gasteiger charge is 2.12. The maximum atomic E-state index is 12.5. The van der Waals surface area contributed by atoms with Gasteiger partial charge in [-0.2, -0.15) is 0 Å². The van der Waals surface area contributed by atoms with Crippen molar-refractivity contribution >= 4 is 17.2 Å². The van der Waals surface area contributed by atoms with E-state index in [0.29, 0.717) is 22.7 Å². The molecule has 0 spiro atoms. The molecular weight excluding hydrogens is 274 g/mol. The summed E-state index contributed by atoms with van der Waals surface area (Å²) in [6.45, 7) is 3.80. The molecule has 3 rings (SSSR count). The highest BCUT2D eigenvalue weighted by molar-refractivity contribution is 6.30. The third-order valence-electron chi connectivity index (χ3n) is 3.44. The van der Waals surface area contributed by atoms with Crippen molar-refractivity contribution in [1.29, 1.82) is 0 Å². The molecule has 4 nitrogen and oxygen atoms in total. The van der Waals surface area contributed by atoms with Crippen molar-refractivity contribution in [3.63, 3.8) is 0 Å². The minimum absolute atomic E-state index is 0.0458. The van der Waals surface area contributed by atoms with E-state index >= 15 is 0 Å². The molecule has 2 aromatic heterocycles. The average molecular weight is 288 g/mol. The summed E-state index contributed by atoms with van der Waals surface area (Å²) in [5.41, 5.74) is 4.12. The van der Waals surface area contributed by atoms with Crippen molar-refractivity contribution in [2.24, 2.45) is 0 Å². The summed E-state index contributed by atoms with van der Waals surface area (Å²) in [5, 5.41) is 3.63. The Hall–Kier alpha value is -2.07. The molecule has 0 amide bonds. The molecule has 102 valence electrons. The topological polar surface area (TPSA) is 50.2 Å². The fourth-order valence-corrected chi connectivity index (χ4v) is 2.41. The van der Waals surface area contributed by atoms with Crippen LogP contribution in [0.25, 0.3) is 5.65 Å². The molecule has 0 aliphatic rings. The molecule has 1 N–H and O–H groups in total. The number of hydrogen-bond donors (Lipinski definition) is 1. The molecule has 0 saturated carbocycles. The summed E-state index contributed by atoms with van der Waals surface area (Å²) in [6.07, 6.45) is 2.34. The van der Waals surface area contributed by atoms with Gasteiger partial charge in [0.15, 0.2) is 5.65 Å². The molecule has 3 aromatic rings. The first-order valence-corrected chi connectivity index (χ1v) is 6.74. The number of benzene rings is 1. The molecule has 20 heavy (non-hydrogen) atoms. The summed E-state index contributed by atoms with van der Waals surface area (Å²) in [5.74, 6) is 0. The quantitative estimate of drug-likeness (QED) is 0.788. The van der Waals surface area contributed by atoms with Crippen molar-refractivity contribution in [3.05, 3.63) is 68.2 Å². The first kappa shape index (κ1) is 12.9. The van der Waals surface area contributed by atoms with E-state index in [0.717, 1.165) is 16.8 Å². The minimum atomic E-state index is -0.0458. The predicted molar refractivity (Wildman–Crippen MR) is 79.5 cm³/mol. The Bertz CT molecular complexity index is 831. The van der Waals surface area contributed by atoms with Crippen molar-refractivity contribution in [2.45, 2.75) is 20.3 Å². The number of fused-ring (bicyclic) bond motifs is 1. The van der Waals surface area contributed by atoms with Gasteiger partial charge in [-0.15, -0.1) is 0 Å². The van der Waals surface area contributed by atoms with Crippen LogP contribution in [0.1, 0.15) is 22.4 Å². The Labute approximate surface area is 121 Å². The second-order valence-corrected chi connectivity index (χ2v) is 5.34. The number of aryl methyl sites for hydroxylation is 2. The van der Waals surface area contributed by atoms with Gasteiger partial charge in [0.25, 0.3) is 5.56 Å². The molecule has 2 heterocycles. The van der Waals surface area contributed by atoms with Gasteiger partial charge in [-0.25, -0.2) is 9.50 Å². The van der Waals surface area contributed by atoms with Crippen LogP contribution in [0.3, 0.4) is 0 Å². The Kier molecular flexibility index (Phi) is 3.10. The molecule has 0 unspecified atom stereocenters. The van der Waals surface area contributed by atoms with Crippen molar-refractivity contribution in [3.8, 4) is 0 Å². The van der Waals surface area contributed by atoms with Crippen LogP contribution in [-0.2, 0) is 6.42 Å². The van der Waals surface area contributed by atoms with Gasteiger partial charge in [-0.05, 0) is 31.5 Å². The van der Waals surface area contributed by atoms with E-state index in [1.54, 1.807) is 6.20 Å². The molecule has 5 heteroatoms. The predicted octanol–water partition coefficient (Wildman–Crippen LogP) is 2.88. The Morgan fingerprint density at radius 1 is 1.25 bits per heavy atom. The van der Waals surface area contributed by atoms with Crippen LogP contribution in [0.4, 0.5) is 0 Å². The highest BCUT2D eigenvalue weighted by Crippen LogP contribution is 2.14. The van der Waals surface area contributed by atoms with E-state index in [9.17, 15) is 4.79 Å². The number of aromatic nitrogens is 3. The fourth-order valence-electron chi connectivity index (χ4n) is 2.28. The number of rotatable bonds is 2. The summed E-state index contributed by atoms with van der Waals surface area (Å²) in [4.78, 5) is 17.0. The largest absolute Gasteiger partial charge is 0.297 e. The van der Waals surface area contributed by atoms with E-state index in [1.165, 1.54) is 4.52 Å². The molecule has 0 aliphatic carbocycles. The zero-order valence-corrected chi connectivity index (χ0v) is 12.0. The average Bonchev–Trinajstić information content (AvgIpc) is 2.79. The monoisotopic (exact) mass is 287 g/mol. The van der Waals surface area contributed by atoms with E-state index in [4.69, 9.17) is 11.6 Å². The van der Waals surface area contributed by atoms with Gasteiger partial charge in [0, 0.05) is 34.5 Å². The van der Waals surface area contributed by atoms with Crippen LogP contribution in [-0.4, -0.2) is 14.6 Å². The SMILES string of the molecule is Cc1nc2c(C)c[nH]n2c(=O)c1Cc1ccc(Cl)cc1. The van der Waals surface area contributed by atoms with E-state index < -0.39 is 0 Å². The normalized spacial score (nSPS) is 11.2. The van der Waals surface area contributed by atoms with Gasteiger partial charge in [0.05, 0.1) is 0 Å². The first-order chi connectivity index (χ1) is 9.56. The number of nitrogens with zero attached hydrogens (tertiary/aromatic N) is 2. The van der Waals surface area contributed by atoms with Crippen molar-refractivity contribution in [2.75, 3.05) is 0 Å². The molecule has 1 aromatic carbocycles. The van der Waals surface area contributed by atoms with Crippen LogP contribution >= 0.6 is 11.6 Å². The Morgan fingerprint density at radius 2 is 1.95 bits per heavy atom. The van der Waals surface area contributed by atoms with Crippen LogP contribution in [0.15, 0.2) is 35.3 Å². The second kappa shape index (κ2) is 4.80. The van der Waals surface area contributed by atoms with Crippen LogP contribution < -0.4 is 5.56 Å². The van der Waals surface area contributed by atoms with Gasteiger partial charge in [-0.1, -0.05) is 23.7 Å². The fraction of sp³-hybridized carbons (Fsp3) is 0.200. The lowest BCUT2D eigenvalue weighted by atomic mass is 10.1. The second-order valence-electron chi connectivity index (χ2n) is 4.90. The van der Waals surface area contributed by atoms with Gasteiger partial charge in [0.1, 0.15) is 0 Å². The number of hydrogen-bond acceptors (Lipinski definition) is 2. The van der Waals surface area contributed by atoms with Crippen LogP contribution in [0.2, 0.25) is 5.02 Å². The Balaban J connectivity index is 2.12. The lowest BCUT2D eigenvalue weighted by molar-refractivity contribution is 0.859. The zero-order valence-electron chi connectivity index (χ0n) is 11.3. The standard InChI is InChI=1S/C15H14ClN3O/c1-9-8-17-19-14(9)18-10(2)13(15(19)20)7-11-3-5-12(16)6-4-11/h3-6,8,17H,7H2,1-2H3. The van der Waals surface area contributed by atoms with Crippen LogP contribution in [0.5, 0.6) is 0 Å². The zero-order chi connectivity index (χ0) is 14.3. The number of nitrogens with one attached hydrogen (secondary N) is 1. The summed E-state index contributed by atoms with van der Waals surface area (Å²) in [6, 6.07) is 7.51. The van der Waals surface area contributed by atoms with Gasteiger partial charge < -0.3 is 0 Å². The highest BCUT2D eigenvalue weighted by atomic mass is 35.5. The molecule has 0 radical (unpaired) electrons. The molecular formula is C15H14ClN3O. The van der Waals surface area contributed by atoms with Gasteiger partial charge in [0.2, 0.25) is 0 Å². The number of aromatic amines is 1. The van der Waals surface area contributed by atoms with Crippen LogP contribution in [0, 0.1) is 13.8 Å². The summed E-state index contributed by atoms with van der Waals surface area (Å²) >= 11 is 5.87. The molecule has 0 saturated heterocycles. The maximum Gasteiger partial charge on any atom is 0.276 e. The summed E-state index contributed by atoms with van der Waals surface area (Å²) in [7, 11) is 0. The lowest BCUT2D eigenvalue weighted by Gasteiger charge is -2.06. The van der Waals surface area contributed by atoms with E-state index in [1.807, 2.05) is 38.1 Å². The van der Waals surface area contributed by atoms with Crippen molar-refractivity contribution < 1.29 is 0 Å². The summed E-state index contributed by atoms with van der Waals surface area (Å²) < 4.78 is 1.49. The third kappa shape index (κ3) is 2.12. The molecule has 0 aliphatic heterocycles. The molecule has 0 bridgehead atoms. The van der Waals surface area contributed by atoms with E-state index in [-0.39, 0.29) is 5.56 Å². The first-order valence-electron chi connectivity index (χ1n) is 6.37. The lowest BCUT2D eigenvalue weighted by Crippen LogP contribution is -2.22. The third-order valence-corrected chi connectivity index (χ3v) is 3.69. The maximum absolute atomic E-state index is 12.5. The molecule has 0 fully saturated rings. The Morgan fingerprint density at radius 3 is 2.65 bits per heavy atom. The van der Waals surface area contributed by atoms with Gasteiger partial charge in [-0.3, -0.25) is 9.89 Å². The molecule has 0 atom stereocenters. The van der Waals surface area contributed by atoms with Crippen molar-refractivity contribution in [1.82, 2.24) is 14.6 Å². The van der Waals surface area contributed by atoms with E-state index in [2.05, 4.69) is 10.1 Å². The van der Waals surface area contributed by atoms with Gasteiger partial charge >= 0.3 is 0 Å². The smallest absolute Gasteiger partial charge is 0.276 e.